The largest absolute Gasteiger partial charge is 0.497 e. The van der Waals surface area contributed by atoms with Crippen molar-refractivity contribution in [1.82, 2.24) is 9.80 Å². The number of hydrogen-bond donors (Lipinski definition) is 0. The summed E-state index contributed by atoms with van der Waals surface area (Å²) in [4.78, 5) is 28.4. The fourth-order valence-corrected chi connectivity index (χ4v) is 3.71. The molecule has 7 heteroatoms. The van der Waals surface area contributed by atoms with Gasteiger partial charge in [0.2, 0.25) is 5.91 Å². The quantitative estimate of drug-likeness (QED) is 0.749. The zero-order chi connectivity index (χ0) is 17.5. The lowest BCUT2D eigenvalue weighted by atomic mass is 10.2. The number of amides is 2. The lowest BCUT2D eigenvalue weighted by Gasteiger charge is -2.28. The molecular formula is C17H24N2O4S. The first-order valence-corrected chi connectivity index (χ1v) is 9.19. The van der Waals surface area contributed by atoms with Crippen molar-refractivity contribution in [3.05, 3.63) is 24.3 Å². The number of carbonyl (C=O) groups is 2. The molecule has 24 heavy (non-hydrogen) atoms. The number of nitrogens with zero attached hydrogens (tertiary/aromatic N) is 2. The molecule has 0 aromatic heterocycles. The molecule has 1 aliphatic heterocycles. The van der Waals surface area contributed by atoms with Crippen molar-refractivity contribution >= 4 is 23.6 Å². The monoisotopic (exact) mass is 352 g/mol. The number of likely N-dealkylation sites (N-methyl/N-ethyl adjacent to an activating group) is 1. The van der Waals surface area contributed by atoms with Gasteiger partial charge in [0.25, 0.3) is 5.91 Å². The Morgan fingerprint density at radius 1 is 1.21 bits per heavy atom. The van der Waals surface area contributed by atoms with E-state index >= 15 is 0 Å². The summed E-state index contributed by atoms with van der Waals surface area (Å²) in [5.74, 6) is 2.35. The lowest BCUT2D eigenvalue weighted by molar-refractivity contribution is -0.144. The smallest absolute Gasteiger partial charge is 0.261 e. The van der Waals surface area contributed by atoms with Gasteiger partial charge in [-0.3, -0.25) is 9.59 Å². The second-order valence-corrected chi connectivity index (χ2v) is 6.35. The van der Waals surface area contributed by atoms with Crippen LogP contribution in [0.3, 0.4) is 0 Å². The van der Waals surface area contributed by atoms with E-state index in [-0.39, 0.29) is 24.5 Å². The third kappa shape index (κ3) is 4.35. The molecule has 1 fully saturated rings. The van der Waals surface area contributed by atoms with Gasteiger partial charge in [-0.15, -0.1) is 11.8 Å². The van der Waals surface area contributed by atoms with E-state index in [0.29, 0.717) is 30.5 Å². The molecule has 0 bridgehead atoms. The van der Waals surface area contributed by atoms with Crippen molar-refractivity contribution in [3.63, 3.8) is 0 Å². The maximum atomic E-state index is 12.5. The minimum absolute atomic E-state index is 0.0165. The van der Waals surface area contributed by atoms with E-state index in [2.05, 4.69) is 0 Å². The molecule has 1 heterocycles. The van der Waals surface area contributed by atoms with Crippen molar-refractivity contribution in [2.45, 2.75) is 19.9 Å². The molecule has 0 saturated carbocycles. The molecular weight excluding hydrogens is 328 g/mol. The van der Waals surface area contributed by atoms with Gasteiger partial charge in [-0.05, 0) is 38.1 Å². The summed E-state index contributed by atoms with van der Waals surface area (Å²) in [6, 6.07) is 6.67. The van der Waals surface area contributed by atoms with Crippen LogP contribution in [0.4, 0.5) is 0 Å². The van der Waals surface area contributed by atoms with Crippen LogP contribution in [0.1, 0.15) is 13.8 Å². The molecule has 0 aliphatic carbocycles. The van der Waals surface area contributed by atoms with Crippen LogP contribution in [-0.2, 0) is 9.59 Å². The zero-order valence-corrected chi connectivity index (χ0v) is 15.2. The van der Waals surface area contributed by atoms with Crippen molar-refractivity contribution in [2.24, 2.45) is 0 Å². The van der Waals surface area contributed by atoms with E-state index in [0.717, 1.165) is 5.75 Å². The van der Waals surface area contributed by atoms with Crippen molar-refractivity contribution < 1.29 is 19.1 Å². The van der Waals surface area contributed by atoms with Crippen LogP contribution in [0.25, 0.3) is 0 Å². The van der Waals surface area contributed by atoms with Gasteiger partial charge in [-0.25, -0.2) is 0 Å². The van der Waals surface area contributed by atoms with Crippen LogP contribution in [0, 0.1) is 0 Å². The van der Waals surface area contributed by atoms with Gasteiger partial charge in [-0.2, -0.15) is 0 Å². The summed E-state index contributed by atoms with van der Waals surface area (Å²) in [5, 5.41) is 0. The number of thioether (sulfide) groups is 1. The Morgan fingerprint density at radius 3 is 2.42 bits per heavy atom. The maximum absolute atomic E-state index is 12.5. The highest BCUT2D eigenvalue weighted by Crippen LogP contribution is 2.23. The molecule has 132 valence electrons. The summed E-state index contributed by atoms with van der Waals surface area (Å²) in [7, 11) is 1.59. The Labute approximate surface area is 147 Å². The maximum Gasteiger partial charge on any atom is 0.261 e. The minimum atomic E-state index is -0.387. The molecule has 1 unspecified atom stereocenters. The molecule has 1 saturated heterocycles. The molecule has 6 nitrogen and oxygen atoms in total. The Balaban J connectivity index is 1.93. The van der Waals surface area contributed by atoms with Crippen molar-refractivity contribution in [3.8, 4) is 11.5 Å². The molecule has 1 aromatic carbocycles. The summed E-state index contributed by atoms with van der Waals surface area (Å²) in [6.07, 6.45) is 0. The molecule has 2 rings (SSSR count). The number of benzene rings is 1. The van der Waals surface area contributed by atoms with E-state index in [9.17, 15) is 9.59 Å². The number of hydrogen-bond acceptors (Lipinski definition) is 5. The minimum Gasteiger partial charge on any atom is -0.497 e. The first-order valence-electron chi connectivity index (χ1n) is 8.03. The second-order valence-electron chi connectivity index (χ2n) is 5.35. The molecule has 1 aliphatic rings. The average Bonchev–Trinajstić information content (AvgIpc) is 3.11. The van der Waals surface area contributed by atoms with Crippen LogP contribution in [0.5, 0.6) is 11.5 Å². The summed E-state index contributed by atoms with van der Waals surface area (Å²) in [5.41, 5.74) is 0. The summed E-state index contributed by atoms with van der Waals surface area (Å²) in [6.45, 7) is 5.13. The van der Waals surface area contributed by atoms with Crippen molar-refractivity contribution in [1.29, 1.82) is 0 Å². The number of carbonyl (C=O) groups excluding carboxylic acids is 2. The predicted octanol–water partition coefficient (Wildman–Crippen LogP) is 1.84. The molecule has 0 N–H and O–H groups in total. The Kier molecular flexibility index (Phi) is 6.78. The average molecular weight is 352 g/mol. The Hall–Kier alpha value is -1.89. The van der Waals surface area contributed by atoms with E-state index in [1.165, 1.54) is 0 Å². The highest BCUT2D eigenvalue weighted by atomic mass is 32.2. The SMILES string of the molecule is CCN(CC)C(=O)C1CSCN1C(=O)COc1ccc(OC)cc1. The number of ether oxygens (including phenoxy) is 2. The van der Waals surface area contributed by atoms with Gasteiger partial charge in [0.1, 0.15) is 17.5 Å². The van der Waals surface area contributed by atoms with Crippen LogP contribution in [0.15, 0.2) is 24.3 Å². The first-order chi connectivity index (χ1) is 11.6. The van der Waals surface area contributed by atoms with E-state index in [1.54, 1.807) is 52.9 Å². The highest BCUT2D eigenvalue weighted by molar-refractivity contribution is 7.99. The third-order valence-corrected chi connectivity index (χ3v) is 5.00. The molecule has 1 aromatic rings. The van der Waals surface area contributed by atoms with E-state index in [4.69, 9.17) is 9.47 Å². The standard InChI is InChI=1S/C17H24N2O4S/c1-4-18(5-2)17(21)15-11-24-12-19(15)16(20)10-23-14-8-6-13(22-3)7-9-14/h6-9,15H,4-5,10-12H2,1-3H3. The fourth-order valence-electron chi connectivity index (χ4n) is 2.54. The van der Waals surface area contributed by atoms with E-state index < -0.39 is 0 Å². The third-order valence-electron chi connectivity index (χ3n) is 3.98. The van der Waals surface area contributed by atoms with Gasteiger partial charge < -0.3 is 19.3 Å². The molecule has 2 amide bonds. The summed E-state index contributed by atoms with van der Waals surface area (Å²) >= 11 is 1.60. The Morgan fingerprint density at radius 2 is 1.83 bits per heavy atom. The lowest BCUT2D eigenvalue weighted by Crippen LogP contribution is -2.50. The first kappa shape index (κ1) is 18.4. The number of methoxy groups -OCH3 is 1. The van der Waals surface area contributed by atoms with Crippen LogP contribution in [0.2, 0.25) is 0 Å². The van der Waals surface area contributed by atoms with Gasteiger partial charge in [0.15, 0.2) is 6.61 Å². The predicted molar refractivity (Wildman–Crippen MR) is 94.4 cm³/mol. The second kappa shape index (κ2) is 8.82. The fraction of sp³-hybridized carbons (Fsp3) is 0.529. The number of rotatable bonds is 7. The van der Waals surface area contributed by atoms with Gasteiger partial charge in [0, 0.05) is 18.8 Å². The summed E-state index contributed by atoms with van der Waals surface area (Å²) < 4.78 is 10.6. The Bertz CT molecular complexity index is 560. The van der Waals surface area contributed by atoms with Crippen LogP contribution in [-0.4, -0.2) is 66.1 Å². The normalized spacial score (nSPS) is 16.8. The molecule has 0 spiro atoms. The van der Waals surface area contributed by atoms with Crippen LogP contribution < -0.4 is 9.47 Å². The topological polar surface area (TPSA) is 59.1 Å². The van der Waals surface area contributed by atoms with Gasteiger partial charge in [0.05, 0.1) is 13.0 Å². The highest BCUT2D eigenvalue weighted by Gasteiger charge is 2.36. The van der Waals surface area contributed by atoms with Gasteiger partial charge in [-0.1, -0.05) is 0 Å². The molecule has 0 radical (unpaired) electrons. The van der Waals surface area contributed by atoms with Crippen LogP contribution >= 0.6 is 11.8 Å². The van der Waals surface area contributed by atoms with Crippen molar-refractivity contribution in [2.75, 3.05) is 38.4 Å². The van der Waals surface area contributed by atoms with E-state index in [1.807, 2.05) is 13.8 Å². The zero-order valence-electron chi connectivity index (χ0n) is 14.4. The van der Waals surface area contributed by atoms with Gasteiger partial charge >= 0.3 is 0 Å². The molecule has 1 atom stereocenters.